The lowest BCUT2D eigenvalue weighted by Gasteiger charge is -2.30. The Kier molecular flexibility index (Phi) is 27.6. The Morgan fingerprint density at radius 3 is 1.01 bits per heavy atom. The molecule has 0 fully saturated rings. The van der Waals surface area contributed by atoms with Crippen LogP contribution in [0.3, 0.4) is 0 Å². The zero-order valence-corrected chi connectivity index (χ0v) is 48.3. The number of hydrogen-bond donors (Lipinski definition) is 2. The molecule has 0 bridgehead atoms. The average Bonchev–Trinajstić information content (AvgIpc) is 3.67. The van der Waals surface area contributed by atoms with Crippen LogP contribution >= 0.6 is 0 Å². The summed E-state index contributed by atoms with van der Waals surface area (Å²) in [6.45, 7) is 6.82. The monoisotopic (exact) mass is 1130 g/mol. The second kappa shape index (κ2) is 36.0. The average molecular weight is 1130 g/mol. The van der Waals surface area contributed by atoms with Crippen LogP contribution in [0, 0.1) is 5.41 Å². The van der Waals surface area contributed by atoms with Crippen LogP contribution in [0.15, 0.2) is 158 Å². The molecular weight excluding hydrogens is 1050 g/mol. The van der Waals surface area contributed by atoms with Crippen LogP contribution in [0.2, 0.25) is 0 Å². The van der Waals surface area contributed by atoms with Gasteiger partial charge >= 0.3 is 23.9 Å². The Hall–Kier alpha value is -8.52. The lowest BCUT2D eigenvalue weighted by molar-refractivity contribution is -0.173. The highest BCUT2D eigenvalue weighted by Gasteiger charge is 2.50. The molecule has 0 aliphatic carbocycles. The second-order valence-corrected chi connectivity index (χ2v) is 20.3. The quantitative estimate of drug-likeness (QED) is 0.00928. The van der Waals surface area contributed by atoms with Crippen LogP contribution in [-0.2, 0) is 41.5 Å². The number of carbonyl (C=O) groups is 4. The van der Waals surface area contributed by atoms with Gasteiger partial charge in [0.25, 0.3) is 0 Å². The van der Waals surface area contributed by atoms with Crippen molar-refractivity contribution in [2.24, 2.45) is 5.41 Å². The van der Waals surface area contributed by atoms with E-state index < -0.39 is 29.3 Å². The fourth-order valence-electron chi connectivity index (χ4n) is 8.85. The van der Waals surface area contributed by atoms with Crippen LogP contribution in [0.25, 0.3) is 12.2 Å². The van der Waals surface area contributed by atoms with Gasteiger partial charge in [-0.2, -0.15) is 0 Å². The molecule has 0 aliphatic heterocycles. The number of esters is 4. The Labute approximate surface area is 490 Å². The highest BCUT2D eigenvalue weighted by atomic mass is 16.6. The number of para-hydroxylation sites is 2. The van der Waals surface area contributed by atoms with Crippen LogP contribution in [0.4, 0.5) is 11.4 Å². The molecule has 0 unspecified atom stereocenters. The summed E-state index contributed by atoms with van der Waals surface area (Å²) in [4.78, 5) is 53.8. The number of hydrogen-bond acceptors (Lipinski definition) is 14. The first-order chi connectivity index (χ1) is 40.5. The molecule has 0 aromatic heterocycles. The van der Waals surface area contributed by atoms with E-state index in [2.05, 4.69) is 13.8 Å². The number of ether oxygens (including phenoxy) is 8. The Morgan fingerprint density at radius 1 is 0.373 bits per heavy atom. The summed E-state index contributed by atoms with van der Waals surface area (Å²) < 4.78 is 46.2. The largest absolute Gasteiger partial charge is 0.494 e. The van der Waals surface area contributed by atoms with E-state index in [1.807, 2.05) is 60.7 Å². The number of anilines is 2. The minimum atomic E-state index is -1.76. The highest BCUT2D eigenvalue weighted by Crippen LogP contribution is 2.36. The molecule has 440 valence electrons. The molecule has 0 saturated heterocycles. The molecule has 14 heteroatoms. The van der Waals surface area contributed by atoms with E-state index >= 15 is 0 Å². The molecule has 0 aliphatic rings. The highest BCUT2D eigenvalue weighted by molar-refractivity contribution is 6.01. The van der Waals surface area contributed by atoms with Gasteiger partial charge < -0.3 is 49.4 Å². The van der Waals surface area contributed by atoms with E-state index in [0.717, 1.165) is 99.7 Å². The van der Waals surface area contributed by atoms with Crippen molar-refractivity contribution in [2.45, 2.75) is 117 Å². The van der Waals surface area contributed by atoms with Crippen LogP contribution in [-0.4, -0.2) is 63.5 Å². The summed E-state index contributed by atoms with van der Waals surface area (Å²) in [5.74, 6) is 1.43. The number of nitrogen functional groups attached to an aromatic ring is 2. The summed E-state index contributed by atoms with van der Waals surface area (Å²) in [5, 5.41) is 0. The van der Waals surface area contributed by atoms with Crippen molar-refractivity contribution in [3.63, 3.8) is 0 Å². The van der Waals surface area contributed by atoms with Gasteiger partial charge in [0.2, 0.25) is 0 Å². The zero-order valence-electron chi connectivity index (χ0n) is 48.3. The lowest BCUT2D eigenvalue weighted by atomic mass is 9.75. The van der Waals surface area contributed by atoms with E-state index in [0.29, 0.717) is 84.8 Å². The lowest BCUT2D eigenvalue weighted by Crippen LogP contribution is -2.46. The van der Waals surface area contributed by atoms with Crippen LogP contribution < -0.4 is 39.9 Å². The first kappa shape index (κ1) is 63.7. The van der Waals surface area contributed by atoms with Crippen molar-refractivity contribution >= 4 is 47.4 Å². The number of benzene rings is 6. The van der Waals surface area contributed by atoms with Gasteiger partial charge in [-0.25, -0.2) is 9.59 Å². The SMILES string of the molecule is CCCCCOc1ccc(OC(=O)/C=C/c2ccc(OCCCCCCOC(=O)C(Cc3ccccc3N)(Cc3ccccc3N)C(=O)OCCCCCCOc3ccc(/C=C/C(=O)Oc4ccc(OCCCCC)cc4)cc3)cc2)cc1. The van der Waals surface area contributed by atoms with Crippen molar-refractivity contribution in [1.82, 2.24) is 0 Å². The van der Waals surface area contributed by atoms with E-state index in [4.69, 9.17) is 49.4 Å². The molecule has 0 heterocycles. The predicted molar refractivity (Wildman–Crippen MR) is 327 cm³/mol. The molecule has 0 saturated carbocycles. The predicted octanol–water partition coefficient (Wildman–Crippen LogP) is 14.4. The minimum Gasteiger partial charge on any atom is -0.494 e. The Bertz CT molecular complexity index is 2740. The molecule has 0 radical (unpaired) electrons. The van der Waals surface area contributed by atoms with E-state index in [1.165, 1.54) is 12.2 Å². The Balaban J connectivity index is 0.905. The van der Waals surface area contributed by atoms with E-state index in [1.54, 1.807) is 97.1 Å². The van der Waals surface area contributed by atoms with Crippen molar-refractivity contribution in [3.8, 4) is 34.5 Å². The summed E-state index contributed by atoms with van der Waals surface area (Å²) in [6, 6.07) is 43.2. The van der Waals surface area contributed by atoms with Gasteiger partial charge in [0.05, 0.1) is 39.6 Å². The first-order valence-corrected chi connectivity index (χ1v) is 29.3. The van der Waals surface area contributed by atoms with E-state index in [-0.39, 0.29) is 26.1 Å². The second-order valence-electron chi connectivity index (χ2n) is 20.3. The number of nitrogens with two attached hydrogens (primary N) is 2. The third-order valence-corrected chi connectivity index (χ3v) is 13.7. The molecule has 0 atom stereocenters. The van der Waals surface area contributed by atoms with Gasteiger partial charge in [0.1, 0.15) is 34.5 Å². The van der Waals surface area contributed by atoms with E-state index in [9.17, 15) is 19.2 Å². The summed E-state index contributed by atoms with van der Waals surface area (Å²) in [6.07, 6.45) is 18.5. The fraction of sp³-hybridized carbons (Fsp3) is 0.362. The zero-order chi connectivity index (χ0) is 58.7. The molecule has 0 spiro atoms. The maximum atomic E-state index is 14.5. The normalized spacial score (nSPS) is 11.3. The molecule has 0 amide bonds. The molecule has 4 N–H and O–H groups in total. The number of carbonyl (C=O) groups excluding carboxylic acids is 4. The first-order valence-electron chi connectivity index (χ1n) is 29.3. The minimum absolute atomic E-state index is 0.0381. The topological polar surface area (TPSA) is 194 Å². The summed E-state index contributed by atoms with van der Waals surface area (Å²) in [5.41, 5.74) is 14.9. The molecule has 83 heavy (non-hydrogen) atoms. The molecule has 6 rings (SSSR count). The van der Waals surface area contributed by atoms with Gasteiger partial charge in [0.15, 0.2) is 5.41 Å². The maximum absolute atomic E-state index is 14.5. The number of unbranched alkanes of at least 4 members (excludes halogenated alkanes) is 10. The molecular formula is C69H82N2O12. The van der Waals surface area contributed by atoms with Gasteiger partial charge in [-0.3, -0.25) is 9.59 Å². The third-order valence-electron chi connectivity index (χ3n) is 13.7. The van der Waals surface area contributed by atoms with Crippen molar-refractivity contribution in [1.29, 1.82) is 0 Å². The smallest absolute Gasteiger partial charge is 0.336 e. The van der Waals surface area contributed by atoms with Crippen LogP contribution in [0.1, 0.15) is 126 Å². The number of rotatable bonds is 38. The molecule has 6 aromatic carbocycles. The third kappa shape index (κ3) is 23.1. The molecule has 6 aromatic rings. The summed E-state index contributed by atoms with van der Waals surface area (Å²) in [7, 11) is 0. The van der Waals surface area contributed by atoms with Gasteiger partial charge in [0, 0.05) is 36.4 Å². The maximum Gasteiger partial charge on any atom is 0.336 e. The standard InChI is InChI=1S/C69H82N2O12/c1-3-5-15-45-76-59-35-39-61(40-36-59)82-65(72)43-29-53-25-31-57(32-26-53)78-47-17-7-9-19-49-80-67(74)69(51-55-21-11-13-23-63(55)70,52-56-22-12-14-24-64(56)71)68(75)81-50-20-10-8-18-48-79-58-33-27-54(28-34-58)30-44-66(73)83-62-41-37-60(38-42-62)77-46-16-6-4-2/h11-14,21-44H,3-10,15-20,45-52,70-71H2,1-2H3/b43-29+,44-30+. The summed E-state index contributed by atoms with van der Waals surface area (Å²) >= 11 is 0. The van der Waals surface area contributed by atoms with Gasteiger partial charge in [-0.05, 0) is 184 Å². The van der Waals surface area contributed by atoms with Crippen LogP contribution in [0.5, 0.6) is 34.5 Å². The van der Waals surface area contributed by atoms with Crippen molar-refractivity contribution in [2.75, 3.05) is 51.1 Å². The van der Waals surface area contributed by atoms with Crippen molar-refractivity contribution in [3.05, 3.63) is 180 Å². The molecule has 14 nitrogen and oxygen atoms in total. The van der Waals surface area contributed by atoms with Crippen molar-refractivity contribution < 1.29 is 57.1 Å². The van der Waals surface area contributed by atoms with Gasteiger partial charge in [-0.1, -0.05) is 100 Å². The van der Waals surface area contributed by atoms with Gasteiger partial charge in [-0.15, -0.1) is 0 Å². The fourth-order valence-corrected chi connectivity index (χ4v) is 8.85. The Morgan fingerprint density at radius 2 is 0.675 bits per heavy atom.